The van der Waals surface area contributed by atoms with Crippen LogP contribution in [-0.2, 0) is 22.0 Å². The Morgan fingerprint density at radius 1 is 1.39 bits per heavy atom. The normalized spacial score (nSPS) is 13.5. The summed E-state index contributed by atoms with van der Waals surface area (Å²) < 4.78 is 11.9. The molecule has 0 fully saturated rings. The third-order valence-electron chi connectivity index (χ3n) is 2.49. The van der Waals surface area contributed by atoms with Crippen LogP contribution in [0.2, 0.25) is 0 Å². The first-order valence-electron chi connectivity index (χ1n) is 5.66. The van der Waals surface area contributed by atoms with E-state index in [4.69, 9.17) is 10.4 Å². The number of carbonyl (C=O) groups is 1. The van der Waals surface area contributed by atoms with Gasteiger partial charge in [-0.05, 0) is 18.4 Å². The van der Waals surface area contributed by atoms with Crippen molar-refractivity contribution < 1.29 is 14.1 Å². The number of benzene rings is 1. The first-order valence-corrected chi connectivity index (χ1v) is 7.04. The molecule has 18 heavy (non-hydrogen) atoms. The van der Waals surface area contributed by atoms with Crippen molar-refractivity contribution in [3.8, 4) is 6.07 Å². The Kier molecular flexibility index (Phi) is 6.09. The Balaban J connectivity index is 2.63. The SMILES string of the molecule is N#CCCCS(=O)C(Cc1ccccc1)C(=O)O. The first kappa shape index (κ1) is 14.4. The lowest BCUT2D eigenvalue weighted by atomic mass is 10.1. The minimum Gasteiger partial charge on any atom is -0.480 e. The van der Waals surface area contributed by atoms with E-state index in [0.717, 1.165) is 5.56 Å². The molecule has 0 amide bonds. The lowest BCUT2D eigenvalue weighted by molar-refractivity contribution is -0.136. The highest BCUT2D eigenvalue weighted by Gasteiger charge is 2.24. The first-order chi connectivity index (χ1) is 8.65. The molecule has 96 valence electrons. The molecule has 0 spiro atoms. The molecule has 0 bridgehead atoms. The van der Waals surface area contributed by atoms with Gasteiger partial charge in [0.15, 0.2) is 0 Å². The molecule has 0 aliphatic heterocycles. The predicted molar refractivity (Wildman–Crippen MR) is 69.4 cm³/mol. The van der Waals surface area contributed by atoms with Gasteiger partial charge in [-0.15, -0.1) is 0 Å². The molecule has 2 atom stereocenters. The van der Waals surface area contributed by atoms with Crippen LogP contribution in [0, 0.1) is 11.3 Å². The number of rotatable bonds is 7. The van der Waals surface area contributed by atoms with Crippen LogP contribution in [-0.4, -0.2) is 26.3 Å². The number of carboxylic acid groups (broad SMARTS) is 1. The zero-order chi connectivity index (χ0) is 13.4. The molecule has 0 saturated carbocycles. The van der Waals surface area contributed by atoms with Crippen LogP contribution in [0.25, 0.3) is 0 Å². The zero-order valence-corrected chi connectivity index (χ0v) is 10.7. The van der Waals surface area contributed by atoms with Gasteiger partial charge in [0, 0.05) is 23.0 Å². The fourth-order valence-corrected chi connectivity index (χ4v) is 2.87. The maximum atomic E-state index is 11.9. The Morgan fingerprint density at radius 3 is 2.61 bits per heavy atom. The molecule has 0 aliphatic rings. The van der Waals surface area contributed by atoms with Crippen molar-refractivity contribution in [1.29, 1.82) is 5.26 Å². The van der Waals surface area contributed by atoms with Gasteiger partial charge in [0.1, 0.15) is 5.25 Å². The van der Waals surface area contributed by atoms with Crippen molar-refractivity contribution in [1.82, 2.24) is 0 Å². The van der Waals surface area contributed by atoms with Gasteiger partial charge in [-0.25, -0.2) is 0 Å². The van der Waals surface area contributed by atoms with Crippen molar-refractivity contribution in [2.24, 2.45) is 0 Å². The van der Waals surface area contributed by atoms with Crippen LogP contribution in [0.3, 0.4) is 0 Å². The van der Waals surface area contributed by atoms with E-state index in [1.807, 2.05) is 36.4 Å². The second-order valence-electron chi connectivity index (χ2n) is 3.86. The number of aliphatic carboxylic acids is 1. The minimum absolute atomic E-state index is 0.259. The van der Waals surface area contributed by atoms with E-state index in [2.05, 4.69) is 0 Å². The van der Waals surface area contributed by atoms with Gasteiger partial charge in [0.2, 0.25) is 0 Å². The maximum Gasteiger partial charge on any atom is 0.319 e. The van der Waals surface area contributed by atoms with Crippen LogP contribution >= 0.6 is 0 Å². The van der Waals surface area contributed by atoms with Gasteiger partial charge in [-0.3, -0.25) is 9.00 Å². The van der Waals surface area contributed by atoms with Gasteiger partial charge in [-0.1, -0.05) is 30.3 Å². The molecule has 0 aromatic heterocycles. The second kappa shape index (κ2) is 7.62. The highest BCUT2D eigenvalue weighted by atomic mass is 32.2. The van der Waals surface area contributed by atoms with E-state index in [1.165, 1.54) is 0 Å². The maximum absolute atomic E-state index is 11.9. The van der Waals surface area contributed by atoms with Crippen molar-refractivity contribution >= 4 is 16.8 Å². The lowest BCUT2D eigenvalue weighted by Gasteiger charge is -2.11. The number of carboxylic acids is 1. The number of nitrogens with zero attached hydrogens (tertiary/aromatic N) is 1. The number of hydrogen-bond donors (Lipinski definition) is 1. The van der Waals surface area contributed by atoms with Gasteiger partial charge in [0.25, 0.3) is 0 Å². The summed E-state index contributed by atoms with van der Waals surface area (Å²) in [7, 11) is -1.44. The highest BCUT2D eigenvalue weighted by Crippen LogP contribution is 2.10. The summed E-state index contributed by atoms with van der Waals surface area (Å²) in [4.78, 5) is 11.1. The summed E-state index contributed by atoms with van der Waals surface area (Å²) >= 11 is 0. The largest absolute Gasteiger partial charge is 0.480 e. The van der Waals surface area contributed by atoms with Crippen LogP contribution in [0.15, 0.2) is 30.3 Å². The molecule has 0 heterocycles. The lowest BCUT2D eigenvalue weighted by Crippen LogP contribution is -2.29. The highest BCUT2D eigenvalue weighted by molar-refractivity contribution is 7.86. The molecule has 2 unspecified atom stereocenters. The predicted octanol–water partition coefficient (Wildman–Crippen LogP) is 1.73. The van der Waals surface area contributed by atoms with Gasteiger partial charge < -0.3 is 5.11 Å². The standard InChI is InChI=1S/C13H15NO3S/c14-8-4-5-9-18(17)12(13(15)16)10-11-6-2-1-3-7-11/h1-3,6-7,12H,4-5,9-10H2,(H,15,16). The van der Waals surface area contributed by atoms with E-state index < -0.39 is 22.0 Å². The Labute approximate surface area is 109 Å². The Bertz CT molecular complexity index is 453. The topological polar surface area (TPSA) is 78.2 Å². The van der Waals surface area contributed by atoms with Gasteiger partial charge in [0.05, 0.1) is 6.07 Å². The summed E-state index contributed by atoms with van der Waals surface area (Å²) in [5.41, 5.74) is 0.860. The number of nitriles is 1. The fourth-order valence-electron chi connectivity index (χ4n) is 1.56. The minimum atomic E-state index is -1.44. The van der Waals surface area contributed by atoms with Crippen LogP contribution < -0.4 is 0 Å². The molecular formula is C13H15NO3S. The van der Waals surface area contributed by atoms with Gasteiger partial charge >= 0.3 is 5.97 Å². The Morgan fingerprint density at radius 2 is 2.06 bits per heavy atom. The van der Waals surface area contributed by atoms with E-state index >= 15 is 0 Å². The molecule has 4 nitrogen and oxygen atoms in total. The average Bonchev–Trinajstić information content (AvgIpc) is 2.37. The molecule has 0 saturated heterocycles. The monoisotopic (exact) mass is 265 g/mol. The quantitative estimate of drug-likeness (QED) is 0.762. The van der Waals surface area contributed by atoms with Crippen molar-refractivity contribution in [2.75, 3.05) is 5.75 Å². The summed E-state index contributed by atoms with van der Waals surface area (Å²) in [6.07, 6.45) is 1.04. The summed E-state index contributed by atoms with van der Waals surface area (Å²) in [5.74, 6) is -0.786. The van der Waals surface area contributed by atoms with Crippen molar-refractivity contribution in [3.63, 3.8) is 0 Å². The fraction of sp³-hybridized carbons (Fsp3) is 0.385. The van der Waals surface area contributed by atoms with Crippen molar-refractivity contribution in [3.05, 3.63) is 35.9 Å². The van der Waals surface area contributed by atoms with E-state index in [1.54, 1.807) is 0 Å². The zero-order valence-electron chi connectivity index (χ0n) is 9.91. The van der Waals surface area contributed by atoms with Crippen LogP contribution in [0.1, 0.15) is 18.4 Å². The number of hydrogen-bond acceptors (Lipinski definition) is 3. The summed E-state index contributed by atoms with van der Waals surface area (Å²) in [6.45, 7) is 0. The molecule has 0 aliphatic carbocycles. The molecule has 0 radical (unpaired) electrons. The summed E-state index contributed by atoms with van der Waals surface area (Å²) in [6, 6.07) is 11.1. The third-order valence-corrected chi connectivity index (χ3v) is 4.18. The third kappa shape index (κ3) is 4.68. The molecule has 1 aromatic rings. The molecule has 5 heteroatoms. The Hall–Kier alpha value is -1.67. The second-order valence-corrected chi connectivity index (χ2v) is 5.60. The number of unbranched alkanes of at least 4 members (excludes halogenated alkanes) is 1. The molecular weight excluding hydrogens is 250 g/mol. The summed E-state index contributed by atoms with van der Waals surface area (Å²) in [5, 5.41) is 16.6. The molecule has 1 rings (SSSR count). The molecule has 1 N–H and O–H groups in total. The van der Waals surface area contributed by atoms with Gasteiger partial charge in [-0.2, -0.15) is 5.26 Å². The van der Waals surface area contributed by atoms with E-state index in [9.17, 15) is 9.00 Å². The molecule has 1 aromatic carbocycles. The van der Waals surface area contributed by atoms with Crippen molar-refractivity contribution in [2.45, 2.75) is 24.5 Å². The van der Waals surface area contributed by atoms with E-state index in [-0.39, 0.29) is 12.2 Å². The van der Waals surface area contributed by atoms with Crippen LogP contribution in [0.4, 0.5) is 0 Å². The average molecular weight is 265 g/mol. The smallest absolute Gasteiger partial charge is 0.319 e. The van der Waals surface area contributed by atoms with E-state index in [0.29, 0.717) is 12.8 Å². The van der Waals surface area contributed by atoms with Crippen LogP contribution in [0.5, 0.6) is 0 Å².